The first-order valence-electron chi connectivity index (χ1n) is 0.428. The summed E-state index contributed by atoms with van der Waals surface area (Å²) in [6.07, 6.45) is 0. The van der Waals surface area contributed by atoms with Crippen molar-refractivity contribution in [2.24, 2.45) is 0 Å². The van der Waals surface area contributed by atoms with Crippen LogP contribution in [0.5, 0.6) is 0 Å². The van der Waals surface area contributed by atoms with Gasteiger partial charge in [-0.05, 0) is 0 Å². The van der Waals surface area contributed by atoms with Gasteiger partial charge in [0.05, 0.1) is 0 Å². The molecule has 3 heteroatoms. The first-order valence-corrected chi connectivity index (χ1v) is 0.875. The van der Waals surface area contributed by atoms with Gasteiger partial charge >= 0.3 is 71.0 Å². The standard InChI is InChI=1S/CHOP.K/c2-1-3;/h2H;/q;+1/p-1. The molecule has 0 fully saturated rings. The van der Waals surface area contributed by atoms with Gasteiger partial charge in [0.25, 0.3) is 0 Å². The Morgan fingerprint density at radius 2 is 1.75 bits per heavy atom. The van der Waals surface area contributed by atoms with Crippen LogP contribution in [-0.4, -0.2) is 0 Å². The summed E-state index contributed by atoms with van der Waals surface area (Å²) in [6.45, 7) is 0. The first kappa shape index (κ1) is 9.26. The van der Waals surface area contributed by atoms with Gasteiger partial charge in [-0.25, -0.2) is 0 Å². The van der Waals surface area contributed by atoms with Crippen LogP contribution in [0.3, 0.4) is 0 Å². The van der Waals surface area contributed by atoms with E-state index in [1.54, 1.807) is 0 Å². The van der Waals surface area contributed by atoms with Crippen molar-refractivity contribution in [2.75, 3.05) is 0 Å². The fraction of sp³-hybridized carbons (Fsp3) is 0. The van der Waals surface area contributed by atoms with E-state index in [9.17, 15) is 0 Å². The monoisotopic (exact) mass is 97.9 g/mol. The van der Waals surface area contributed by atoms with E-state index >= 15 is 0 Å². The fourth-order valence-corrected chi connectivity index (χ4v) is 0. The molecule has 0 saturated carbocycles. The zero-order valence-electron chi connectivity index (χ0n) is 2.36. The van der Waals surface area contributed by atoms with Crippen molar-refractivity contribution in [3.63, 3.8) is 0 Å². The second-order valence-electron chi connectivity index (χ2n) is 0.0913. The topological polar surface area (TPSA) is 23.1 Å². The molecule has 0 aromatic heterocycles. The van der Waals surface area contributed by atoms with E-state index in [0.29, 0.717) is 0 Å². The number of hydrogen-bond acceptors (Lipinski definition) is 1. The van der Waals surface area contributed by atoms with E-state index in [4.69, 9.17) is 5.11 Å². The molecule has 0 amide bonds. The molecule has 16 valence electrons. The molecule has 0 aliphatic rings. The van der Waals surface area contributed by atoms with Crippen LogP contribution in [0.1, 0.15) is 0 Å². The van der Waals surface area contributed by atoms with Crippen LogP contribution in [-0.2, 0) is 0 Å². The first-order chi connectivity index (χ1) is 1.41. The summed E-state index contributed by atoms with van der Waals surface area (Å²) in [7, 11) is 2.98. The molecular weight excluding hydrogens is 98.1 g/mol. The second kappa shape index (κ2) is 8.84. The van der Waals surface area contributed by atoms with Crippen LogP contribution in [0.25, 0.3) is 0 Å². The van der Waals surface area contributed by atoms with Crippen LogP contribution >= 0.6 is 8.70 Å². The summed E-state index contributed by atoms with van der Waals surface area (Å²) in [5.41, 5.74) is 0. The van der Waals surface area contributed by atoms with E-state index < -0.39 is 0 Å². The molecule has 0 rings (SSSR count). The average Bonchev–Trinajstić information content (AvgIpc) is 0.918. The van der Waals surface area contributed by atoms with Gasteiger partial charge in [-0.1, -0.05) is 0 Å². The molecule has 0 unspecified atom stereocenters. The summed E-state index contributed by atoms with van der Waals surface area (Å²) in [5, 5.41) is 8.54. The molecule has 0 N–H and O–H groups in total. The molecule has 0 spiro atoms. The Bertz CT molecular complexity index is 29.5. The molecule has 0 bridgehead atoms. The van der Waals surface area contributed by atoms with E-state index in [-0.39, 0.29) is 51.4 Å². The van der Waals surface area contributed by atoms with Crippen molar-refractivity contribution >= 4 is 8.70 Å². The Hall–Kier alpha value is 1.81. The van der Waals surface area contributed by atoms with E-state index in [1.165, 1.54) is 5.81 Å². The third-order valence-corrected chi connectivity index (χ3v) is 0. The zero-order chi connectivity index (χ0) is 2.71. The maximum atomic E-state index is 8.54. The van der Waals surface area contributed by atoms with Crippen molar-refractivity contribution in [3.8, 4) is 5.81 Å². The van der Waals surface area contributed by atoms with Crippen molar-refractivity contribution in [2.45, 2.75) is 0 Å². The molecule has 4 heavy (non-hydrogen) atoms. The molecule has 0 aliphatic heterocycles. The quantitative estimate of drug-likeness (QED) is 0.230. The molecule has 0 heterocycles. The second-order valence-corrected chi connectivity index (χ2v) is 0.274. The van der Waals surface area contributed by atoms with Crippen LogP contribution in [0.2, 0.25) is 0 Å². The number of rotatable bonds is 0. The van der Waals surface area contributed by atoms with E-state index in [1.807, 2.05) is 0 Å². The van der Waals surface area contributed by atoms with Gasteiger partial charge in [0, 0.05) is 0 Å². The summed E-state index contributed by atoms with van der Waals surface area (Å²) in [4.78, 5) is 0. The van der Waals surface area contributed by atoms with Crippen LogP contribution in [0.4, 0.5) is 0 Å². The van der Waals surface area contributed by atoms with Gasteiger partial charge in [-0.15, -0.1) is 0 Å². The van der Waals surface area contributed by atoms with E-state index in [0.717, 1.165) is 0 Å². The molecule has 0 aromatic rings. The molecular formula is CKOP. The molecule has 0 aromatic carbocycles. The average molecular weight is 98.1 g/mol. The predicted molar refractivity (Wildman–Crippen MR) is 10.8 cm³/mol. The van der Waals surface area contributed by atoms with Crippen molar-refractivity contribution in [1.29, 1.82) is 0 Å². The van der Waals surface area contributed by atoms with Gasteiger partial charge in [-0.3, -0.25) is 0 Å². The Balaban J connectivity index is 0. The minimum absolute atomic E-state index is 0. The Morgan fingerprint density at radius 1 is 1.75 bits per heavy atom. The van der Waals surface area contributed by atoms with Crippen molar-refractivity contribution < 1.29 is 56.5 Å². The summed E-state index contributed by atoms with van der Waals surface area (Å²) >= 11 is 0. The SMILES string of the molecule is [K+].[O-]C#P. The van der Waals surface area contributed by atoms with Crippen LogP contribution in [0, 0.1) is 5.81 Å². The van der Waals surface area contributed by atoms with Crippen molar-refractivity contribution in [3.05, 3.63) is 0 Å². The van der Waals surface area contributed by atoms with Gasteiger partial charge in [0.15, 0.2) is 0 Å². The minimum atomic E-state index is 0. The Labute approximate surface area is 69.7 Å². The third kappa shape index (κ3) is 9.19. The van der Waals surface area contributed by atoms with Crippen LogP contribution < -0.4 is 56.5 Å². The van der Waals surface area contributed by atoms with Crippen molar-refractivity contribution in [1.82, 2.24) is 0 Å². The summed E-state index contributed by atoms with van der Waals surface area (Å²) in [5.74, 6) is 1.19. The number of hydrogen-bond donors (Lipinski definition) is 0. The molecule has 1 nitrogen and oxygen atoms in total. The van der Waals surface area contributed by atoms with E-state index in [2.05, 4.69) is 8.70 Å². The molecule has 0 aliphatic carbocycles. The maximum absolute atomic E-state index is 8.54. The van der Waals surface area contributed by atoms with Gasteiger partial charge in [0.2, 0.25) is 0 Å². The predicted octanol–water partition coefficient (Wildman–Crippen LogP) is -3.32. The Kier molecular flexibility index (Phi) is 20.5. The third-order valence-electron chi connectivity index (χ3n) is 0. The molecule has 0 radical (unpaired) electrons. The normalized spacial score (nSPS) is 2.00. The summed E-state index contributed by atoms with van der Waals surface area (Å²) < 4.78 is 0. The zero-order valence-corrected chi connectivity index (χ0v) is 6.37. The van der Waals surface area contributed by atoms with Gasteiger partial charge in [-0.2, -0.15) is 0 Å². The van der Waals surface area contributed by atoms with Gasteiger partial charge < -0.3 is 0 Å². The molecule has 0 saturated heterocycles. The summed E-state index contributed by atoms with van der Waals surface area (Å²) in [6, 6.07) is 0. The van der Waals surface area contributed by atoms with Gasteiger partial charge in [0.1, 0.15) is 0 Å². The Morgan fingerprint density at radius 3 is 1.75 bits per heavy atom. The fourth-order valence-electron chi connectivity index (χ4n) is 0. The molecule has 0 atom stereocenters. The van der Waals surface area contributed by atoms with Crippen LogP contribution in [0.15, 0.2) is 0 Å².